The lowest BCUT2D eigenvalue weighted by Crippen LogP contribution is -2.00. The molecular weight excluding hydrogens is 366 g/mol. The highest BCUT2D eigenvalue weighted by Crippen LogP contribution is 2.39. The average molecular weight is 383 g/mol. The quantitative estimate of drug-likeness (QED) is 0.481. The third-order valence-corrected chi connectivity index (χ3v) is 5.72. The van der Waals surface area contributed by atoms with Gasteiger partial charge in [0.05, 0.1) is 28.0 Å². The molecule has 0 aliphatic carbocycles. The Morgan fingerprint density at radius 2 is 1.64 bits per heavy atom. The Hall–Kier alpha value is -3.51. The Balaban J connectivity index is 1.70. The molecule has 3 heterocycles. The zero-order valence-electron chi connectivity index (χ0n) is 15.0. The predicted molar refractivity (Wildman–Crippen MR) is 114 cm³/mol. The molecule has 0 bridgehead atoms. The van der Waals surface area contributed by atoms with Crippen LogP contribution in [-0.2, 0) is 6.54 Å². The van der Waals surface area contributed by atoms with Gasteiger partial charge in [-0.25, -0.2) is 15.0 Å². The Labute approximate surface area is 166 Å². The van der Waals surface area contributed by atoms with Crippen LogP contribution >= 0.6 is 11.3 Å². The molecule has 28 heavy (non-hydrogen) atoms. The molecular formula is C22H17N5S. The fourth-order valence-corrected chi connectivity index (χ4v) is 4.41. The van der Waals surface area contributed by atoms with Crippen molar-refractivity contribution in [2.45, 2.75) is 6.54 Å². The van der Waals surface area contributed by atoms with E-state index in [0.717, 1.165) is 38.6 Å². The van der Waals surface area contributed by atoms with Crippen LogP contribution in [0.2, 0.25) is 0 Å². The van der Waals surface area contributed by atoms with Gasteiger partial charge < -0.3 is 10.3 Å². The number of nitrogens with two attached hydrogens (primary N) is 1. The molecule has 2 aromatic carbocycles. The Morgan fingerprint density at radius 1 is 0.893 bits per heavy atom. The molecule has 3 aromatic heterocycles. The summed E-state index contributed by atoms with van der Waals surface area (Å²) in [4.78, 5) is 15.2. The van der Waals surface area contributed by atoms with Gasteiger partial charge in [-0.05, 0) is 11.6 Å². The minimum Gasteiger partial charge on any atom is -0.383 e. The van der Waals surface area contributed by atoms with Crippen molar-refractivity contribution < 1.29 is 0 Å². The van der Waals surface area contributed by atoms with E-state index in [1.807, 2.05) is 30.6 Å². The van der Waals surface area contributed by atoms with Crippen molar-refractivity contribution in [2.24, 2.45) is 0 Å². The summed E-state index contributed by atoms with van der Waals surface area (Å²) in [5.74, 6) is 0.503. The van der Waals surface area contributed by atoms with Gasteiger partial charge in [0.2, 0.25) is 0 Å². The molecule has 6 heteroatoms. The smallest absolute Gasteiger partial charge is 0.135 e. The van der Waals surface area contributed by atoms with Gasteiger partial charge in [0.15, 0.2) is 0 Å². The minimum atomic E-state index is 0.503. The van der Waals surface area contributed by atoms with Crippen molar-refractivity contribution in [1.82, 2.24) is 19.5 Å². The SMILES string of the molecule is Nc1ncnc2sc(-c3c(-c4ccccc4)ncn3Cc3ccccc3)cc12. The van der Waals surface area contributed by atoms with Gasteiger partial charge in [0.25, 0.3) is 0 Å². The van der Waals surface area contributed by atoms with Crippen LogP contribution in [-0.4, -0.2) is 19.5 Å². The molecule has 0 saturated heterocycles. The molecule has 0 aliphatic rings. The van der Waals surface area contributed by atoms with Crippen molar-refractivity contribution in [1.29, 1.82) is 0 Å². The lowest BCUT2D eigenvalue weighted by atomic mass is 10.1. The molecule has 0 aliphatic heterocycles. The van der Waals surface area contributed by atoms with E-state index in [4.69, 9.17) is 10.7 Å². The van der Waals surface area contributed by atoms with E-state index in [9.17, 15) is 0 Å². The topological polar surface area (TPSA) is 69.6 Å². The summed E-state index contributed by atoms with van der Waals surface area (Å²) in [7, 11) is 0. The third kappa shape index (κ3) is 2.93. The third-order valence-electron chi connectivity index (χ3n) is 4.67. The summed E-state index contributed by atoms with van der Waals surface area (Å²) >= 11 is 1.61. The molecule has 0 fully saturated rings. The van der Waals surface area contributed by atoms with Gasteiger partial charge >= 0.3 is 0 Å². The zero-order valence-corrected chi connectivity index (χ0v) is 15.8. The zero-order chi connectivity index (χ0) is 18.9. The Kier molecular flexibility index (Phi) is 4.10. The summed E-state index contributed by atoms with van der Waals surface area (Å²) in [5.41, 5.74) is 10.4. The number of anilines is 1. The van der Waals surface area contributed by atoms with E-state index in [1.54, 1.807) is 11.3 Å². The van der Waals surface area contributed by atoms with Crippen molar-refractivity contribution >= 4 is 27.4 Å². The molecule has 0 atom stereocenters. The van der Waals surface area contributed by atoms with Crippen LogP contribution in [0.3, 0.4) is 0 Å². The fraction of sp³-hybridized carbons (Fsp3) is 0.0455. The van der Waals surface area contributed by atoms with Crippen LogP contribution in [0.15, 0.2) is 79.4 Å². The van der Waals surface area contributed by atoms with Gasteiger partial charge in [0, 0.05) is 12.1 Å². The van der Waals surface area contributed by atoms with Crippen LogP contribution < -0.4 is 5.73 Å². The number of imidazole rings is 1. The van der Waals surface area contributed by atoms with Crippen molar-refractivity contribution in [2.75, 3.05) is 5.73 Å². The summed E-state index contributed by atoms with van der Waals surface area (Å²) in [6.45, 7) is 0.741. The lowest BCUT2D eigenvalue weighted by Gasteiger charge is -2.09. The van der Waals surface area contributed by atoms with E-state index in [-0.39, 0.29) is 0 Å². The van der Waals surface area contributed by atoms with Crippen molar-refractivity contribution in [3.8, 4) is 21.8 Å². The van der Waals surface area contributed by atoms with Crippen LogP contribution in [0.5, 0.6) is 0 Å². The van der Waals surface area contributed by atoms with Gasteiger partial charge in [-0.3, -0.25) is 0 Å². The highest BCUT2D eigenvalue weighted by Gasteiger charge is 2.18. The number of aromatic nitrogens is 4. The van der Waals surface area contributed by atoms with Crippen molar-refractivity contribution in [3.63, 3.8) is 0 Å². The molecule has 0 radical (unpaired) electrons. The van der Waals surface area contributed by atoms with Crippen LogP contribution in [0.25, 0.3) is 32.0 Å². The first kappa shape index (κ1) is 16.6. The lowest BCUT2D eigenvalue weighted by molar-refractivity contribution is 0.806. The largest absolute Gasteiger partial charge is 0.383 e. The maximum atomic E-state index is 6.07. The van der Waals surface area contributed by atoms with Gasteiger partial charge in [-0.15, -0.1) is 11.3 Å². The second-order valence-corrected chi connectivity index (χ2v) is 7.54. The number of hydrogen-bond acceptors (Lipinski definition) is 5. The molecule has 0 unspecified atom stereocenters. The van der Waals surface area contributed by atoms with Gasteiger partial charge in [-0.2, -0.15) is 0 Å². The van der Waals surface area contributed by atoms with Gasteiger partial charge in [0.1, 0.15) is 17.0 Å². The number of hydrogen-bond donors (Lipinski definition) is 1. The number of nitrogens with zero attached hydrogens (tertiary/aromatic N) is 4. The van der Waals surface area contributed by atoms with E-state index in [2.05, 4.69) is 57.0 Å². The highest BCUT2D eigenvalue weighted by molar-refractivity contribution is 7.21. The first-order chi connectivity index (χ1) is 13.8. The van der Waals surface area contributed by atoms with E-state index in [0.29, 0.717) is 5.82 Å². The first-order valence-corrected chi connectivity index (χ1v) is 9.76. The number of fused-ring (bicyclic) bond motifs is 1. The number of thiophene rings is 1. The molecule has 0 spiro atoms. The standard InChI is InChI=1S/C22H17N5S/c23-21-17-11-18(28-22(17)25-13-24-21)20-19(16-9-5-2-6-10-16)26-14-27(20)12-15-7-3-1-4-8-15/h1-11,13-14H,12H2,(H2,23,24,25). The van der Waals surface area contributed by atoms with E-state index < -0.39 is 0 Å². The summed E-state index contributed by atoms with van der Waals surface area (Å²) in [6.07, 6.45) is 3.42. The highest BCUT2D eigenvalue weighted by atomic mass is 32.1. The van der Waals surface area contributed by atoms with Crippen molar-refractivity contribution in [3.05, 3.63) is 84.9 Å². The molecule has 5 rings (SSSR count). The minimum absolute atomic E-state index is 0.503. The van der Waals surface area contributed by atoms with Crippen LogP contribution in [0.1, 0.15) is 5.56 Å². The Morgan fingerprint density at radius 3 is 2.39 bits per heavy atom. The number of nitrogen functional groups attached to an aromatic ring is 1. The maximum absolute atomic E-state index is 6.07. The second-order valence-electron chi connectivity index (χ2n) is 6.51. The van der Waals surface area contributed by atoms with E-state index >= 15 is 0 Å². The molecule has 136 valence electrons. The fourth-order valence-electron chi connectivity index (χ4n) is 3.34. The normalized spacial score (nSPS) is 11.1. The first-order valence-electron chi connectivity index (χ1n) is 8.94. The van der Waals surface area contributed by atoms with Gasteiger partial charge in [-0.1, -0.05) is 60.7 Å². The maximum Gasteiger partial charge on any atom is 0.135 e. The van der Waals surface area contributed by atoms with Crippen LogP contribution in [0, 0.1) is 0 Å². The number of benzene rings is 2. The molecule has 5 aromatic rings. The summed E-state index contributed by atoms with van der Waals surface area (Å²) in [6, 6.07) is 22.7. The molecule has 5 nitrogen and oxygen atoms in total. The van der Waals surface area contributed by atoms with E-state index in [1.165, 1.54) is 11.9 Å². The average Bonchev–Trinajstić information content (AvgIpc) is 3.34. The molecule has 2 N–H and O–H groups in total. The second kappa shape index (κ2) is 6.90. The monoisotopic (exact) mass is 383 g/mol. The molecule has 0 saturated carbocycles. The Bertz CT molecular complexity index is 1240. The predicted octanol–water partition coefficient (Wildman–Crippen LogP) is 4.85. The summed E-state index contributed by atoms with van der Waals surface area (Å²) < 4.78 is 2.19. The molecule has 0 amide bonds. The summed E-state index contributed by atoms with van der Waals surface area (Å²) in [5, 5.41) is 0.883. The number of rotatable bonds is 4. The van der Waals surface area contributed by atoms with Crippen LogP contribution in [0.4, 0.5) is 5.82 Å².